The standard InChI is InChI=1S/C16H11BrFNO/c1-9-15(12-4-2-3-5-14(12)19-9)16(20)11-7-6-10(17)8-13(11)18/h2-8,19H,1H3. The first-order valence-electron chi connectivity index (χ1n) is 6.15. The zero-order valence-corrected chi connectivity index (χ0v) is 12.3. The van der Waals surface area contributed by atoms with Gasteiger partial charge in [0.25, 0.3) is 0 Å². The lowest BCUT2D eigenvalue weighted by Gasteiger charge is -2.03. The van der Waals surface area contributed by atoms with Crippen LogP contribution in [0.3, 0.4) is 0 Å². The Morgan fingerprint density at radius 3 is 2.70 bits per heavy atom. The van der Waals surface area contributed by atoms with Crippen molar-refractivity contribution < 1.29 is 9.18 Å². The third-order valence-electron chi connectivity index (χ3n) is 3.30. The van der Waals surface area contributed by atoms with E-state index in [0.29, 0.717) is 10.0 Å². The van der Waals surface area contributed by atoms with Gasteiger partial charge in [-0.1, -0.05) is 34.1 Å². The van der Waals surface area contributed by atoms with E-state index in [0.717, 1.165) is 16.6 Å². The van der Waals surface area contributed by atoms with Gasteiger partial charge in [-0.15, -0.1) is 0 Å². The molecule has 0 aliphatic rings. The maximum absolute atomic E-state index is 14.0. The van der Waals surface area contributed by atoms with E-state index in [1.165, 1.54) is 12.1 Å². The molecule has 1 heterocycles. The molecule has 0 amide bonds. The third kappa shape index (κ3) is 2.06. The number of para-hydroxylation sites is 1. The summed E-state index contributed by atoms with van der Waals surface area (Å²) in [6.07, 6.45) is 0. The van der Waals surface area contributed by atoms with Crippen molar-refractivity contribution in [1.29, 1.82) is 0 Å². The van der Waals surface area contributed by atoms with Crippen LogP contribution in [0, 0.1) is 12.7 Å². The number of carbonyl (C=O) groups excluding carboxylic acids is 1. The number of aryl methyl sites for hydroxylation is 1. The molecule has 2 aromatic carbocycles. The Labute approximate surface area is 123 Å². The van der Waals surface area contributed by atoms with Crippen LogP contribution in [-0.4, -0.2) is 10.8 Å². The lowest BCUT2D eigenvalue weighted by molar-refractivity contribution is 0.103. The number of carbonyl (C=O) groups is 1. The highest BCUT2D eigenvalue weighted by atomic mass is 79.9. The molecule has 3 aromatic rings. The van der Waals surface area contributed by atoms with Gasteiger partial charge in [0.2, 0.25) is 0 Å². The van der Waals surface area contributed by atoms with Gasteiger partial charge in [-0.2, -0.15) is 0 Å². The molecule has 4 heteroatoms. The summed E-state index contributed by atoms with van der Waals surface area (Å²) < 4.78 is 14.6. The molecular weight excluding hydrogens is 321 g/mol. The van der Waals surface area contributed by atoms with E-state index in [4.69, 9.17) is 0 Å². The van der Waals surface area contributed by atoms with Crippen LogP contribution in [-0.2, 0) is 0 Å². The first-order valence-corrected chi connectivity index (χ1v) is 6.94. The Bertz CT molecular complexity index is 822. The number of aromatic amines is 1. The van der Waals surface area contributed by atoms with Crippen LogP contribution >= 0.6 is 15.9 Å². The Morgan fingerprint density at radius 2 is 1.95 bits per heavy atom. The molecule has 2 nitrogen and oxygen atoms in total. The van der Waals surface area contributed by atoms with E-state index in [-0.39, 0.29) is 11.3 Å². The summed E-state index contributed by atoms with van der Waals surface area (Å²) in [5, 5.41) is 0.817. The highest BCUT2D eigenvalue weighted by molar-refractivity contribution is 9.10. The van der Waals surface area contributed by atoms with Crippen molar-refractivity contribution in [3.05, 3.63) is 69.6 Å². The molecular formula is C16H11BrFNO. The minimum absolute atomic E-state index is 0.0843. The van der Waals surface area contributed by atoms with Crippen LogP contribution < -0.4 is 0 Å². The second-order valence-electron chi connectivity index (χ2n) is 4.62. The van der Waals surface area contributed by atoms with Crippen molar-refractivity contribution in [3.8, 4) is 0 Å². The number of halogens is 2. The average Bonchev–Trinajstić information content (AvgIpc) is 2.73. The van der Waals surface area contributed by atoms with E-state index in [1.54, 1.807) is 6.07 Å². The average molecular weight is 332 g/mol. The Balaban J connectivity index is 2.20. The van der Waals surface area contributed by atoms with Crippen LogP contribution in [0.15, 0.2) is 46.9 Å². The molecule has 0 bridgehead atoms. The number of ketones is 1. The summed E-state index contributed by atoms with van der Waals surface area (Å²) >= 11 is 3.19. The highest BCUT2D eigenvalue weighted by Gasteiger charge is 2.20. The van der Waals surface area contributed by atoms with Gasteiger partial charge in [0.05, 0.1) is 11.1 Å². The maximum atomic E-state index is 14.0. The molecule has 0 saturated heterocycles. The van der Waals surface area contributed by atoms with Crippen molar-refractivity contribution in [1.82, 2.24) is 4.98 Å². The molecule has 0 fully saturated rings. The SMILES string of the molecule is Cc1[nH]c2ccccc2c1C(=O)c1ccc(Br)cc1F. The monoisotopic (exact) mass is 331 g/mol. The summed E-state index contributed by atoms with van der Waals surface area (Å²) in [6.45, 7) is 1.82. The zero-order valence-electron chi connectivity index (χ0n) is 10.7. The Kier molecular flexibility index (Phi) is 3.18. The summed E-state index contributed by atoms with van der Waals surface area (Å²) in [6, 6.07) is 12.0. The van der Waals surface area contributed by atoms with Crippen LogP contribution in [0.25, 0.3) is 10.9 Å². The zero-order chi connectivity index (χ0) is 14.3. The predicted molar refractivity (Wildman–Crippen MR) is 80.6 cm³/mol. The smallest absolute Gasteiger partial charge is 0.198 e. The fourth-order valence-electron chi connectivity index (χ4n) is 2.38. The second-order valence-corrected chi connectivity index (χ2v) is 5.54. The van der Waals surface area contributed by atoms with Crippen molar-refractivity contribution in [2.24, 2.45) is 0 Å². The number of H-pyrrole nitrogens is 1. The molecule has 1 N–H and O–H groups in total. The molecule has 20 heavy (non-hydrogen) atoms. The normalized spacial score (nSPS) is 10.9. The predicted octanol–water partition coefficient (Wildman–Crippen LogP) is 4.61. The van der Waals surface area contributed by atoms with Crippen LogP contribution in [0.1, 0.15) is 21.6 Å². The van der Waals surface area contributed by atoms with Gasteiger partial charge in [-0.05, 0) is 31.2 Å². The van der Waals surface area contributed by atoms with Crippen molar-refractivity contribution in [2.45, 2.75) is 6.92 Å². The van der Waals surface area contributed by atoms with Gasteiger partial charge in [0.1, 0.15) is 5.82 Å². The number of benzene rings is 2. The Hall–Kier alpha value is -1.94. The van der Waals surface area contributed by atoms with Gasteiger partial charge in [-0.25, -0.2) is 4.39 Å². The molecule has 1 aromatic heterocycles. The molecule has 0 aliphatic heterocycles. The quantitative estimate of drug-likeness (QED) is 0.683. The Morgan fingerprint density at radius 1 is 1.20 bits per heavy atom. The number of nitrogens with one attached hydrogen (secondary N) is 1. The molecule has 0 atom stereocenters. The summed E-state index contributed by atoms with van der Waals surface area (Å²) in [5.74, 6) is -0.820. The van der Waals surface area contributed by atoms with Crippen LogP contribution in [0.4, 0.5) is 4.39 Å². The molecule has 0 aliphatic carbocycles. The van der Waals surface area contributed by atoms with E-state index in [2.05, 4.69) is 20.9 Å². The minimum Gasteiger partial charge on any atom is -0.358 e. The minimum atomic E-state index is -0.519. The molecule has 0 radical (unpaired) electrons. The van der Waals surface area contributed by atoms with Gasteiger partial charge in [-0.3, -0.25) is 4.79 Å². The van der Waals surface area contributed by atoms with Crippen LogP contribution in [0.5, 0.6) is 0 Å². The molecule has 3 rings (SSSR count). The summed E-state index contributed by atoms with van der Waals surface area (Å²) in [7, 11) is 0. The van der Waals surface area contributed by atoms with E-state index in [9.17, 15) is 9.18 Å². The van der Waals surface area contributed by atoms with Gasteiger partial charge >= 0.3 is 0 Å². The first kappa shape index (κ1) is 13.1. The van der Waals surface area contributed by atoms with E-state index in [1.807, 2.05) is 31.2 Å². The maximum Gasteiger partial charge on any atom is 0.198 e. The molecule has 0 spiro atoms. The lowest BCUT2D eigenvalue weighted by Crippen LogP contribution is -2.05. The van der Waals surface area contributed by atoms with E-state index < -0.39 is 5.82 Å². The van der Waals surface area contributed by atoms with Crippen molar-refractivity contribution in [2.75, 3.05) is 0 Å². The first-order chi connectivity index (χ1) is 9.58. The number of rotatable bonds is 2. The van der Waals surface area contributed by atoms with E-state index >= 15 is 0 Å². The second kappa shape index (κ2) is 4.87. The summed E-state index contributed by atoms with van der Waals surface area (Å²) in [5.41, 5.74) is 2.24. The van der Waals surface area contributed by atoms with Crippen molar-refractivity contribution in [3.63, 3.8) is 0 Å². The fraction of sp³-hybridized carbons (Fsp3) is 0.0625. The number of hydrogen-bond acceptors (Lipinski definition) is 1. The van der Waals surface area contributed by atoms with Crippen molar-refractivity contribution >= 4 is 32.6 Å². The van der Waals surface area contributed by atoms with Crippen LogP contribution in [0.2, 0.25) is 0 Å². The molecule has 100 valence electrons. The van der Waals surface area contributed by atoms with Gasteiger partial charge in [0.15, 0.2) is 5.78 Å². The number of fused-ring (bicyclic) bond motifs is 1. The lowest BCUT2D eigenvalue weighted by atomic mass is 10.00. The largest absolute Gasteiger partial charge is 0.358 e. The topological polar surface area (TPSA) is 32.9 Å². The molecule has 0 saturated carbocycles. The number of aromatic nitrogens is 1. The molecule has 0 unspecified atom stereocenters. The van der Waals surface area contributed by atoms with Gasteiger partial charge < -0.3 is 4.98 Å². The summed E-state index contributed by atoms with van der Waals surface area (Å²) in [4.78, 5) is 15.8. The highest BCUT2D eigenvalue weighted by Crippen LogP contribution is 2.26. The fourth-order valence-corrected chi connectivity index (χ4v) is 2.71. The number of hydrogen-bond donors (Lipinski definition) is 1. The van der Waals surface area contributed by atoms with Gasteiger partial charge in [0, 0.05) is 21.1 Å². The third-order valence-corrected chi connectivity index (χ3v) is 3.79.